The van der Waals surface area contributed by atoms with Gasteiger partial charge in [0.1, 0.15) is 24.6 Å². The van der Waals surface area contributed by atoms with E-state index in [9.17, 15) is 0 Å². The van der Waals surface area contributed by atoms with Gasteiger partial charge in [0.2, 0.25) is 11.8 Å². The van der Waals surface area contributed by atoms with Crippen LogP contribution in [-0.2, 0) is 22.3 Å². The van der Waals surface area contributed by atoms with Crippen LogP contribution in [0.1, 0.15) is 36.4 Å². The maximum atomic E-state index is 5.97. The molecule has 0 N–H and O–H groups in total. The van der Waals surface area contributed by atoms with Gasteiger partial charge in [0, 0.05) is 12.8 Å². The average Bonchev–Trinajstić information content (AvgIpc) is 3.38. The molecule has 2 unspecified atom stereocenters. The van der Waals surface area contributed by atoms with Crippen molar-refractivity contribution in [2.75, 3.05) is 13.2 Å². The van der Waals surface area contributed by atoms with Crippen LogP contribution in [0.4, 0.5) is 0 Å². The number of ether oxygens (including phenoxy) is 2. The second-order valence-corrected chi connectivity index (χ2v) is 9.14. The number of hydrogen-bond acceptors (Lipinski definition) is 5. The molecule has 5 heteroatoms. The lowest BCUT2D eigenvalue weighted by molar-refractivity contribution is 0.265. The Morgan fingerprint density at radius 2 is 1.06 bits per heavy atom. The van der Waals surface area contributed by atoms with E-state index in [1.807, 2.05) is 30.3 Å². The lowest BCUT2D eigenvalue weighted by atomic mass is 9.95. The van der Waals surface area contributed by atoms with Gasteiger partial charge in [-0.1, -0.05) is 66.7 Å². The Kier molecular flexibility index (Phi) is 5.25. The number of nitrogens with zero attached hydrogens (tertiary/aromatic N) is 3. The SMILES string of the molecule is CC1(Cc2ccccc2)COC(c2cccc(C3=NC(C)(Cc4ccccc4)CO3)n2)=N1. The molecule has 0 aliphatic carbocycles. The molecule has 5 nitrogen and oxygen atoms in total. The summed E-state index contributed by atoms with van der Waals surface area (Å²) in [5.41, 5.74) is 3.31. The first-order valence-corrected chi connectivity index (χ1v) is 11.0. The monoisotopic (exact) mass is 425 g/mol. The molecule has 2 aromatic carbocycles. The molecular weight excluding hydrogens is 398 g/mol. The predicted octanol–water partition coefficient (Wildman–Crippen LogP) is 4.64. The maximum Gasteiger partial charge on any atom is 0.236 e. The molecule has 0 saturated carbocycles. The lowest BCUT2D eigenvalue weighted by Gasteiger charge is -2.17. The molecule has 5 rings (SSSR count). The van der Waals surface area contributed by atoms with Crippen molar-refractivity contribution in [3.05, 3.63) is 101 Å². The van der Waals surface area contributed by atoms with Crippen LogP contribution >= 0.6 is 0 Å². The molecule has 2 aliphatic rings. The van der Waals surface area contributed by atoms with Crippen LogP contribution in [0, 0.1) is 0 Å². The molecule has 0 bridgehead atoms. The summed E-state index contributed by atoms with van der Waals surface area (Å²) in [7, 11) is 0. The molecule has 2 aliphatic heterocycles. The van der Waals surface area contributed by atoms with Gasteiger partial charge in [0.15, 0.2) is 0 Å². The van der Waals surface area contributed by atoms with Gasteiger partial charge in [-0.15, -0.1) is 0 Å². The normalized spacial score (nSPS) is 24.4. The van der Waals surface area contributed by atoms with Crippen molar-refractivity contribution < 1.29 is 9.47 Å². The Bertz CT molecular complexity index is 1070. The molecule has 2 atom stereocenters. The fourth-order valence-corrected chi connectivity index (χ4v) is 4.25. The first-order valence-electron chi connectivity index (χ1n) is 11.0. The zero-order valence-electron chi connectivity index (χ0n) is 18.5. The van der Waals surface area contributed by atoms with Crippen molar-refractivity contribution in [2.24, 2.45) is 9.98 Å². The van der Waals surface area contributed by atoms with Gasteiger partial charge in [-0.25, -0.2) is 15.0 Å². The summed E-state index contributed by atoms with van der Waals surface area (Å²) in [5.74, 6) is 1.16. The third-order valence-electron chi connectivity index (χ3n) is 5.83. The van der Waals surface area contributed by atoms with E-state index >= 15 is 0 Å². The fraction of sp³-hybridized carbons (Fsp3) is 0.296. The van der Waals surface area contributed by atoms with Crippen LogP contribution in [0.2, 0.25) is 0 Å². The van der Waals surface area contributed by atoms with E-state index < -0.39 is 0 Å². The minimum atomic E-state index is -0.302. The Labute approximate surface area is 188 Å². The summed E-state index contributed by atoms with van der Waals surface area (Å²) < 4.78 is 11.9. The smallest absolute Gasteiger partial charge is 0.236 e. The standard InChI is InChI=1S/C27H27N3O2/c1-26(16-20-10-5-3-6-11-20)18-31-24(29-26)22-14-9-15-23(28-22)25-30-27(2,19-32-25)17-21-12-7-4-8-13-21/h3-15H,16-19H2,1-2H3. The first-order chi connectivity index (χ1) is 15.5. The number of hydrogen-bond donors (Lipinski definition) is 0. The van der Waals surface area contributed by atoms with E-state index in [0.717, 1.165) is 12.8 Å². The van der Waals surface area contributed by atoms with Crippen molar-refractivity contribution in [1.82, 2.24) is 4.98 Å². The fourth-order valence-electron chi connectivity index (χ4n) is 4.25. The van der Waals surface area contributed by atoms with E-state index in [1.54, 1.807) is 0 Å². The zero-order valence-corrected chi connectivity index (χ0v) is 18.5. The first kappa shape index (κ1) is 20.4. The van der Waals surface area contributed by atoms with Crippen LogP contribution in [-0.4, -0.2) is 41.1 Å². The van der Waals surface area contributed by atoms with Crippen molar-refractivity contribution in [3.63, 3.8) is 0 Å². The van der Waals surface area contributed by atoms with E-state index in [2.05, 4.69) is 62.4 Å². The summed E-state index contributed by atoms with van der Waals surface area (Å²) in [4.78, 5) is 14.5. The minimum absolute atomic E-state index is 0.302. The van der Waals surface area contributed by atoms with Crippen LogP contribution in [0.25, 0.3) is 0 Å². The molecule has 1 aromatic heterocycles. The van der Waals surface area contributed by atoms with Crippen LogP contribution in [0.5, 0.6) is 0 Å². The molecule has 0 saturated heterocycles. The third-order valence-corrected chi connectivity index (χ3v) is 5.83. The molecule has 0 amide bonds. The molecule has 162 valence electrons. The summed E-state index contributed by atoms with van der Waals surface area (Å²) in [5, 5.41) is 0. The molecule has 3 heterocycles. The highest BCUT2D eigenvalue weighted by atomic mass is 16.5. The number of rotatable bonds is 6. The van der Waals surface area contributed by atoms with Crippen molar-refractivity contribution in [3.8, 4) is 0 Å². The molecule has 0 spiro atoms. The lowest BCUT2D eigenvalue weighted by Crippen LogP contribution is -2.26. The molecule has 0 radical (unpaired) electrons. The van der Waals surface area contributed by atoms with Crippen molar-refractivity contribution in [1.29, 1.82) is 0 Å². The van der Waals surface area contributed by atoms with Gasteiger partial charge in [-0.2, -0.15) is 0 Å². The number of benzene rings is 2. The quantitative estimate of drug-likeness (QED) is 0.578. The summed E-state index contributed by atoms with van der Waals surface area (Å²) >= 11 is 0. The Balaban J connectivity index is 1.35. The summed E-state index contributed by atoms with van der Waals surface area (Å²) in [6, 6.07) is 26.6. The topological polar surface area (TPSA) is 56.1 Å². The van der Waals surface area contributed by atoms with Crippen molar-refractivity contribution >= 4 is 11.8 Å². The molecule has 0 fully saturated rings. The van der Waals surface area contributed by atoms with Gasteiger partial charge in [-0.3, -0.25) is 0 Å². The van der Waals surface area contributed by atoms with E-state index in [4.69, 9.17) is 24.4 Å². The van der Waals surface area contributed by atoms with Crippen molar-refractivity contribution in [2.45, 2.75) is 37.8 Å². The molecule has 3 aromatic rings. The molecular formula is C27H27N3O2. The van der Waals surface area contributed by atoms with Crippen LogP contribution in [0.3, 0.4) is 0 Å². The summed E-state index contributed by atoms with van der Waals surface area (Å²) in [6.07, 6.45) is 1.65. The van der Waals surface area contributed by atoms with E-state index in [0.29, 0.717) is 36.4 Å². The molecule has 32 heavy (non-hydrogen) atoms. The van der Waals surface area contributed by atoms with Gasteiger partial charge >= 0.3 is 0 Å². The maximum absolute atomic E-state index is 5.97. The number of aromatic nitrogens is 1. The summed E-state index contributed by atoms with van der Waals surface area (Å²) in [6.45, 7) is 5.32. The second kappa shape index (κ2) is 8.23. The zero-order chi connectivity index (χ0) is 22.0. The Morgan fingerprint density at radius 1 is 0.625 bits per heavy atom. The average molecular weight is 426 g/mol. The van der Waals surface area contributed by atoms with Gasteiger partial charge in [0.05, 0.1) is 11.1 Å². The third kappa shape index (κ3) is 4.42. The van der Waals surface area contributed by atoms with E-state index in [-0.39, 0.29) is 11.1 Å². The van der Waals surface area contributed by atoms with E-state index in [1.165, 1.54) is 11.1 Å². The van der Waals surface area contributed by atoms with Crippen LogP contribution in [0.15, 0.2) is 88.8 Å². The Morgan fingerprint density at radius 3 is 1.50 bits per heavy atom. The second-order valence-electron chi connectivity index (χ2n) is 9.14. The largest absolute Gasteiger partial charge is 0.474 e. The number of aliphatic imine (C=N–C) groups is 2. The minimum Gasteiger partial charge on any atom is -0.474 e. The van der Waals surface area contributed by atoms with Gasteiger partial charge < -0.3 is 9.47 Å². The Hall–Kier alpha value is -3.47. The van der Waals surface area contributed by atoms with Gasteiger partial charge in [-0.05, 0) is 37.1 Å². The number of pyridine rings is 1. The van der Waals surface area contributed by atoms with Gasteiger partial charge in [0.25, 0.3) is 0 Å². The predicted molar refractivity (Wildman–Crippen MR) is 126 cm³/mol. The highest BCUT2D eigenvalue weighted by Gasteiger charge is 2.35. The highest BCUT2D eigenvalue weighted by molar-refractivity contribution is 5.97. The highest BCUT2D eigenvalue weighted by Crippen LogP contribution is 2.27. The van der Waals surface area contributed by atoms with Crippen LogP contribution < -0.4 is 0 Å².